The fourth-order valence-electron chi connectivity index (χ4n) is 3.23. The van der Waals surface area contributed by atoms with Crippen LogP contribution < -0.4 is 15.6 Å². The molecule has 0 radical (unpaired) electrons. The minimum Gasteiger partial charge on any atom is -0.493 e. The average molecular weight is 394 g/mol. The molecule has 0 atom stereocenters. The van der Waals surface area contributed by atoms with Crippen LogP contribution in [0, 0.1) is 6.92 Å². The van der Waals surface area contributed by atoms with Gasteiger partial charge in [-0.05, 0) is 49.2 Å². The van der Waals surface area contributed by atoms with Gasteiger partial charge in [0.05, 0.1) is 13.2 Å². The molecule has 7 nitrogen and oxygen atoms in total. The number of aryl methyl sites for hydroxylation is 1. The molecule has 0 aliphatic heterocycles. The Labute approximate surface area is 169 Å². The number of ether oxygens (including phenoxy) is 1. The van der Waals surface area contributed by atoms with Crippen LogP contribution in [-0.2, 0) is 11.3 Å². The number of pyridine rings is 2. The zero-order valence-electron chi connectivity index (χ0n) is 16.8. The van der Waals surface area contributed by atoms with Crippen LogP contribution in [0.15, 0.2) is 53.6 Å². The number of rotatable bonds is 9. The molecule has 0 aliphatic carbocycles. The molecule has 0 spiro atoms. The number of nitrogens with zero attached hydrogens (tertiary/aromatic N) is 2. The summed E-state index contributed by atoms with van der Waals surface area (Å²) in [6.45, 7) is 4.27. The van der Waals surface area contributed by atoms with E-state index in [2.05, 4.69) is 20.2 Å². The monoisotopic (exact) mass is 394 g/mol. The summed E-state index contributed by atoms with van der Waals surface area (Å²) in [6.07, 6.45) is 4.30. The highest BCUT2D eigenvalue weighted by Gasteiger charge is 2.11. The van der Waals surface area contributed by atoms with Gasteiger partial charge in [-0.1, -0.05) is 0 Å². The predicted octanol–water partition coefficient (Wildman–Crippen LogP) is 2.25. The number of hydrogen-bond donors (Lipinski definition) is 2. The van der Waals surface area contributed by atoms with Gasteiger partial charge in [0.1, 0.15) is 5.75 Å². The summed E-state index contributed by atoms with van der Waals surface area (Å²) < 4.78 is 5.98. The Hall–Kier alpha value is -3.19. The number of fused-ring (bicyclic) bond motifs is 1. The number of H-pyrrole nitrogens is 1. The Morgan fingerprint density at radius 1 is 1.17 bits per heavy atom. The van der Waals surface area contributed by atoms with Crippen molar-refractivity contribution in [2.75, 3.05) is 26.7 Å². The van der Waals surface area contributed by atoms with E-state index in [1.165, 1.54) is 6.07 Å². The highest BCUT2D eigenvalue weighted by Crippen LogP contribution is 2.25. The number of benzene rings is 1. The summed E-state index contributed by atoms with van der Waals surface area (Å²) in [5, 5.41) is 3.65. The molecule has 0 fully saturated rings. The lowest BCUT2D eigenvalue weighted by molar-refractivity contribution is -0.121. The van der Waals surface area contributed by atoms with Gasteiger partial charge in [0, 0.05) is 55.1 Å². The van der Waals surface area contributed by atoms with E-state index in [4.69, 9.17) is 4.74 Å². The standard InChI is InChI=1S/C22H26N4O3/c1-16-18-4-7-21(27)25-19(18)5-6-20(16)29-13-3-12-26(15-22(28)23-2)14-17-8-10-24-11-9-17/h4-11H,3,12-15H2,1-2H3,(H,23,28)(H,25,27). The van der Waals surface area contributed by atoms with Crippen molar-refractivity contribution in [1.29, 1.82) is 0 Å². The number of carbonyl (C=O) groups excluding carboxylic acids is 1. The molecule has 3 aromatic rings. The molecule has 2 aromatic heterocycles. The molecule has 1 aromatic carbocycles. The highest BCUT2D eigenvalue weighted by atomic mass is 16.5. The van der Waals surface area contributed by atoms with Gasteiger partial charge in [0.25, 0.3) is 0 Å². The largest absolute Gasteiger partial charge is 0.493 e. The minimum absolute atomic E-state index is 0.0145. The normalized spacial score (nSPS) is 11.0. The molecule has 0 saturated carbocycles. The second kappa shape index (κ2) is 9.84. The lowest BCUT2D eigenvalue weighted by atomic mass is 10.1. The zero-order chi connectivity index (χ0) is 20.6. The van der Waals surface area contributed by atoms with Gasteiger partial charge < -0.3 is 15.0 Å². The van der Waals surface area contributed by atoms with Crippen molar-refractivity contribution in [3.05, 3.63) is 70.3 Å². The van der Waals surface area contributed by atoms with E-state index in [-0.39, 0.29) is 11.5 Å². The summed E-state index contributed by atoms with van der Waals surface area (Å²) >= 11 is 0. The van der Waals surface area contributed by atoms with Crippen molar-refractivity contribution in [2.24, 2.45) is 0 Å². The second-order valence-electron chi connectivity index (χ2n) is 6.91. The first-order chi connectivity index (χ1) is 14.1. The molecule has 3 rings (SSSR count). The van der Waals surface area contributed by atoms with Gasteiger partial charge in [0.15, 0.2) is 0 Å². The number of aromatic nitrogens is 2. The van der Waals surface area contributed by atoms with E-state index in [0.717, 1.165) is 40.7 Å². The molecule has 0 saturated heterocycles. The van der Waals surface area contributed by atoms with Crippen molar-refractivity contribution in [2.45, 2.75) is 19.9 Å². The van der Waals surface area contributed by atoms with Crippen LogP contribution >= 0.6 is 0 Å². The summed E-state index contributed by atoms with van der Waals surface area (Å²) in [6, 6.07) is 11.0. The van der Waals surface area contributed by atoms with Crippen LogP contribution in [0.2, 0.25) is 0 Å². The van der Waals surface area contributed by atoms with Gasteiger partial charge in [-0.25, -0.2) is 0 Å². The molecule has 7 heteroatoms. The van der Waals surface area contributed by atoms with Crippen LogP contribution in [-0.4, -0.2) is 47.5 Å². The Kier molecular flexibility index (Phi) is 6.97. The quantitative estimate of drug-likeness (QED) is 0.544. The first-order valence-electron chi connectivity index (χ1n) is 9.64. The van der Waals surface area contributed by atoms with Gasteiger partial charge >= 0.3 is 0 Å². The van der Waals surface area contributed by atoms with Gasteiger partial charge in [-0.3, -0.25) is 19.5 Å². The van der Waals surface area contributed by atoms with E-state index in [9.17, 15) is 9.59 Å². The lowest BCUT2D eigenvalue weighted by Gasteiger charge is -2.21. The topological polar surface area (TPSA) is 87.3 Å². The maximum Gasteiger partial charge on any atom is 0.248 e. The number of nitrogens with one attached hydrogen (secondary N) is 2. The molecular formula is C22H26N4O3. The molecule has 2 heterocycles. The van der Waals surface area contributed by atoms with Crippen LogP contribution in [0.5, 0.6) is 5.75 Å². The van der Waals surface area contributed by atoms with Crippen molar-refractivity contribution < 1.29 is 9.53 Å². The smallest absolute Gasteiger partial charge is 0.248 e. The first kappa shape index (κ1) is 20.5. The van der Waals surface area contributed by atoms with Crippen LogP contribution in [0.1, 0.15) is 17.5 Å². The Balaban J connectivity index is 1.58. The zero-order valence-corrected chi connectivity index (χ0v) is 16.8. The van der Waals surface area contributed by atoms with Gasteiger partial charge in [-0.15, -0.1) is 0 Å². The fourth-order valence-corrected chi connectivity index (χ4v) is 3.23. The maximum absolute atomic E-state index is 11.8. The number of likely N-dealkylation sites (N-methyl/N-ethyl adjacent to an activating group) is 1. The van der Waals surface area contributed by atoms with Crippen LogP contribution in [0.4, 0.5) is 0 Å². The number of aromatic amines is 1. The van der Waals surface area contributed by atoms with E-state index in [1.54, 1.807) is 19.4 Å². The SMILES string of the molecule is CNC(=O)CN(CCCOc1ccc2[nH]c(=O)ccc2c1C)Cc1ccncc1. The molecule has 2 N–H and O–H groups in total. The maximum atomic E-state index is 11.8. The van der Waals surface area contributed by atoms with Crippen molar-refractivity contribution in [3.63, 3.8) is 0 Å². The molecule has 0 unspecified atom stereocenters. The van der Waals surface area contributed by atoms with E-state index in [0.29, 0.717) is 19.7 Å². The molecule has 1 amide bonds. The Bertz CT molecular complexity index is 1020. The van der Waals surface area contributed by atoms with Crippen molar-refractivity contribution in [1.82, 2.24) is 20.2 Å². The number of carbonyl (C=O) groups is 1. The van der Waals surface area contributed by atoms with E-state index in [1.807, 2.05) is 37.3 Å². The first-order valence-corrected chi connectivity index (χ1v) is 9.64. The lowest BCUT2D eigenvalue weighted by Crippen LogP contribution is -2.36. The van der Waals surface area contributed by atoms with Crippen molar-refractivity contribution >= 4 is 16.8 Å². The molecular weight excluding hydrogens is 368 g/mol. The third kappa shape index (κ3) is 5.65. The molecule has 0 aliphatic rings. The van der Waals surface area contributed by atoms with E-state index >= 15 is 0 Å². The number of amides is 1. The predicted molar refractivity (Wildman–Crippen MR) is 113 cm³/mol. The summed E-state index contributed by atoms with van der Waals surface area (Å²) in [5.74, 6) is 0.788. The fraction of sp³-hybridized carbons (Fsp3) is 0.318. The molecule has 29 heavy (non-hydrogen) atoms. The van der Waals surface area contributed by atoms with Gasteiger partial charge in [0.2, 0.25) is 11.5 Å². The van der Waals surface area contributed by atoms with Crippen molar-refractivity contribution in [3.8, 4) is 5.75 Å². The summed E-state index contributed by atoms with van der Waals surface area (Å²) in [5.41, 5.74) is 2.80. The summed E-state index contributed by atoms with van der Waals surface area (Å²) in [4.78, 5) is 32.3. The third-order valence-corrected chi connectivity index (χ3v) is 4.80. The van der Waals surface area contributed by atoms with E-state index < -0.39 is 0 Å². The van der Waals surface area contributed by atoms with Gasteiger partial charge in [-0.2, -0.15) is 0 Å². The van der Waals surface area contributed by atoms with Crippen LogP contribution in [0.25, 0.3) is 10.9 Å². The minimum atomic E-state index is -0.115. The average Bonchev–Trinajstić information content (AvgIpc) is 2.73. The summed E-state index contributed by atoms with van der Waals surface area (Å²) in [7, 11) is 1.64. The Morgan fingerprint density at radius 3 is 2.72 bits per heavy atom. The molecule has 152 valence electrons. The molecule has 0 bridgehead atoms. The second-order valence-corrected chi connectivity index (χ2v) is 6.91. The number of hydrogen-bond acceptors (Lipinski definition) is 5. The third-order valence-electron chi connectivity index (χ3n) is 4.80. The highest BCUT2D eigenvalue weighted by molar-refractivity contribution is 5.84. The van der Waals surface area contributed by atoms with Crippen LogP contribution in [0.3, 0.4) is 0 Å². The Morgan fingerprint density at radius 2 is 1.97 bits per heavy atom.